The van der Waals surface area contributed by atoms with E-state index in [4.69, 9.17) is 0 Å². The molecule has 0 aromatic carbocycles. The van der Waals surface area contributed by atoms with Crippen LogP contribution in [-0.2, 0) is 4.74 Å². The average molecular weight is 476 g/mol. The SMILES string of the molecule is Cl.O=C(OC(C(F)(F)F)C(F)(F)F)N1CCCC(N(c2ccccn2)C(F)(F)F)C1. The van der Waals surface area contributed by atoms with Gasteiger partial charge in [-0.2, -0.15) is 39.5 Å². The molecule has 1 aliphatic heterocycles. The largest absolute Gasteiger partial charge is 0.486 e. The van der Waals surface area contributed by atoms with E-state index in [1.54, 1.807) is 0 Å². The first-order valence-corrected chi connectivity index (χ1v) is 8.07. The second-order valence-electron chi connectivity index (χ2n) is 6.11. The number of likely N-dealkylation sites (tertiary alicyclic amines) is 1. The van der Waals surface area contributed by atoms with Gasteiger partial charge >= 0.3 is 24.7 Å². The van der Waals surface area contributed by atoms with Crippen LogP contribution in [0.1, 0.15) is 12.8 Å². The Morgan fingerprint density at radius 1 is 1.10 bits per heavy atom. The molecular formula is C15H15ClF9N3O2. The van der Waals surface area contributed by atoms with E-state index in [1.807, 2.05) is 0 Å². The summed E-state index contributed by atoms with van der Waals surface area (Å²) in [5.41, 5.74) is 0. The topological polar surface area (TPSA) is 45.7 Å². The number of hydrogen-bond acceptors (Lipinski definition) is 4. The quantitative estimate of drug-likeness (QED) is 0.460. The summed E-state index contributed by atoms with van der Waals surface area (Å²) in [6.07, 6.45) is -22.3. The zero-order valence-electron chi connectivity index (χ0n) is 14.8. The van der Waals surface area contributed by atoms with E-state index in [-0.39, 0.29) is 36.7 Å². The molecule has 1 amide bonds. The van der Waals surface area contributed by atoms with Crippen LogP contribution in [0.4, 0.5) is 50.1 Å². The molecular weight excluding hydrogens is 461 g/mol. The van der Waals surface area contributed by atoms with Crippen LogP contribution in [0, 0.1) is 0 Å². The number of hydrogen-bond donors (Lipinski definition) is 0. The number of halogens is 10. The molecule has 1 aliphatic rings. The Labute approximate surface area is 170 Å². The first kappa shape index (κ1) is 25.9. The molecule has 172 valence electrons. The van der Waals surface area contributed by atoms with Gasteiger partial charge in [0.1, 0.15) is 5.82 Å². The average Bonchev–Trinajstić information content (AvgIpc) is 2.57. The van der Waals surface area contributed by atoms with Crippen molar-refractivity contribution < 1.29 is 49.0 Å². The Kier molecular flexibility index (Phi) is 8.08. The van der Waals surface area contributed by atoms with E-state index in [0.717, 1.165) is 12.3 Å². The highest BCUT2D eigenvalue weighted by Gasteiger charge is 2.60. The molecule has 2 rings (SSSR count). The third-order valence-electron chi connectivity index (χ3n) is 4.00. The number of carbonyl (C=O) groups is 1. The lowest BCUT2D eigenvalue weighted by molar-refractivity contribution is -0.308. The van der Waals surface area contributed by atoms with Crippen LogP contribution in [0.3, 0.4) is 0 Å². The number of aromatic nitrogens is 1. The standard InChI is InChI=1S/C15H14F9N3O2.ClH/c16-13(17,18)11(14(19,20)21)29-12(28)26-7-3-4-9(8-26)27(15(22,23)24)10-5-1-2-6-25-10;/h1-2,5-6,9,11H,3-4,7-8H2;1H. The number of carbonyl (C=O) groups excluding carboxylic acids is 1. The smallest absolute Gasteiger partial charge is 0.426 e. The minimum atomic E-state index is -5.92. The molecule has 15 heteroatoms. The van der Waals surface area contributed by atoms with E-state index < -0.39 is 49.3 Å². The number of nitrogens with zero attached hydrogens (tertiary/aromatic N) is 3. The lowest BCUT2D eigenvalue weighted by Gasteiger charge is -2.40. The molecule has 0 spiro atoms. The molecule has 1 aromatic heterocycles. The minimum Gasteiger partial charge on any atom is -0.426 e. The maximum atomic E-state index is 13.5. The normalized spacial score (nSPS) is 18.1. The van der Waals surface area contributed by atoms with Crippen molar-refractivity contribution in [2.24, 2.45) is 0 Å². The van der Waals surface area contributed by atoms with Crippen molar-refractivity contribution in [2.75, 3.05) is 18.0 Å². The maximum Gasteiger partial charge on any atom is 0.486 e. The Balaban J connectivity index is 0.00000450. The highest BCUT2D eigenvalue weighted by atomic mass is 35.5. The molecule has 2 heterocycles. The van der Waals surface area contributed by atoms with Crippen molar-refractivity contribution in [3.63, 3.8) is 0 Å². The molecule has 1 saturated heterocycles. The summed E-state index contributed by atoms with van der Waals surface area (Å²) in [6.45, 7) is -1.15. The van der Waals surface area contributed by atoms with Gasteiger partial charge < -0.3 is 9.64 Å². The van der Waals surface area contributed by atoms with Gasteiger partial charge in [-0.1, -0.05) is 6.07 Å². The van der Waals surface area contributed by atoms with E-state index in [2.05, 4.69) is 9.72 Å². The van der Waals surface area contributed by atoms with Crippen LogP contribution >= 0.6 is 12.4 Å². The van der Waals surface area contributed by atoms with Crippen LogP contribution in [0.15, 0.2) is 24.4 Å². The van der Waals surface area contributed by atoms with Crippen LogP contribution in [0.25, 0.3) is 0 Å². The van der Waals surface area contributed by atoms with Crippen LogP contribution in [0.5, 0.6) is 0 Å². The van der Waals surface area contributed by atoms with Crippen molar-refractivity contribution in [3.05, 3.63) is 24.4 Å². The molecule has 0 radical (unpaired) electrons. The van der Waals surface area contributed by atoms with Crippen molar-refractivity contribution in [3.8, 4) is 0 Å². The third-order valence-corrected chi connectivity index (χ3v) is 4.00. The Hall–Kier alpha value is -2.12. The van der Waals surface area contributed by atoms with Crippen LogP contribution in [0.2, 0.25) is 0 Å². The zero-order valence-corrected chi connectivity index (χ0v) is 15.6. The molecule has 0 saturated carbocycles. The summed E-state index contributed by atoms with van der Waals surface area (Å²) in [5.74, 6) is -0.524. The summed E-state index contributed by atoms with van der Waals surface area (Å²) >= 11 is 0. The molecule has 0 aliphatic carbocycles. The summed E-state index contributed by atoms with van der Waals surface area (Å²) in [5, 5.41) is 0. The fourth-order valence-electron chi connectivity index (χ4n) is 2.85. The highest BCUT2D eigenvalue weighted by Crippen LogP contribution is 2.37. The monoisotopic (exact) mass is 475 g/mol. The second-order valence-corrected chi connectivity index (χ2v) is 6.11. The van der Waals surface area contributed by atoms with Gasteiger partial charge in [-0.05, 0) is 25.0 Å². The van der Waals surface area contributed by atoms with Gasteiger partial charge in [0, 0.05) is 19.3 Å². The second kappa shape index (κ2) is 9.35. The van der Waals surface area contributed by atoms with Gasteiger partial charge in [-0.25, -0.2) is 9.78 Å². The van der Waals surface area contributed by atoms with Gasteiger partial charge in [0.15, 0.2) is 0 Å². The van der Waals surface area contributed by atoms with Gasteiger partial charge in [0.05, 0.1) is 6.04 Å². The maximum absolute atomic E-state index is 13.5. The van der Waals surface area contributed by atoms with Gasteiger partial charge in [0.25, 0.3) is 6.10 Å². The molecule has 1 fully saturated rings. The molecule has 5 nitrogen and oxygen atoms in total. The number of ether oxygens (including phenoxy) is 1. The third kappa shape index (κ3) is 6.44. The fourth-order valence-corrected chi connectivity index (χ4v) is 2.85. The summed E-state index contributed by atoms with van der Waals surface area (Å²) in [6, 6.07) is 2.19. The van der Waals surface area contributed by atoms with Gasteiger partial charge in [-0.15, -0.1) is 12.4 Å². The van der Waals surface area contributed by atoms with E-state index in [0.29, 0.717) is 4.90 Å². The zero-order chi connectivity index (χ0) is 22.0. The molecule has 1 atom stereocenters. The highest BCUT2D eigenvalue weighted by molar-refractivity contribution is 5.85. The molecule has 0 N–H and O–H groups in total. The van der Waals surface area contributed by atoms with Crippen molar-refractivity contribution in [1.82, 2.24) is 9.88 Å². The summed E-state index contributed by atoms with van der Waals surface area (Å²) < 4.78 is 119. The summed E-state index contributed by atoms with van der Waals surface area (Å²) in [7, 11) is 0. The number of amides is 1. The van der Waals surface area contributed by atoms with Crippen LogP contribution in [-0.4, -0.2) is 59.9 Å². The first-order chi connectivity index (χ1) is 13.2. The van der Waals surface area contributed by atoms with Gasteiger partial charge in [0.2, 0.25) is 0 Å². The number of rotatable bonds is 3. The number of alkyl halides is 9. The van der Waals surface area contributed by atoms with E-state index in [1.165, 1.54) is 12.1 Å². The van der Waals surface area contributed by atoms with E-state index >= 15 is 0 Å². The first-order valence-electron chi connectivity index (χ1n) is 8.07. The molecule has 30 heavy (non-hydrogen) atoms. The number of anilines is 1. The predicted molar refractivity (Wildman–Crippen MR) is 87.0 cm³/mol. The Morgan fingerprint density at radius 3 is 2.17 bits per heavy atom. The lowest BCUT2D eigenvalue weighted by Crippen LogP contribution is -2.56. The number of piperidine rings is 1. The Bertz CT molecular complexity index is 683. The van der Waals surface area contributed by atoms with Crippen LogP contribution < -0.4 is 4.90 Å². The predicted octanol–water partition coefficient (Wildman–Crippen LogP) is 4.92. The van der Waals surface area contributed by atoms with Crippen molar-refractivity contribution in [2.45, 2.75) is 43.6 Å². The molecule has 1 unspecified atom stereocenters. The molecule has 0 bridgehead atoms. The van der Waals surface area contributed by atoms with E-state index in [9.17, 15) is 44.3 Å². The Morgan fingerprint density at radius 2 is 1.70 bits per heavy atom. The number of pyridine rings is 1. The van der Waals surface area contributed by atoms with Gasteiger partial charge in [-0.3, -0.25) is 4.90 Å². The van der Waals surface area contributed by atoms with Crippen molar-refractivity contribution in [1.29, 1.82) is 0 Å². The summed E-state index contributed by atoms with van der Waals surface area (Å²) in [4.78, 5) is 15.7. The molecule has 1 aromatic rings. The fraction of sp³-hybridized carbons (Fsp3) is 0.600. The lowest BCUT2D eigenvalue weighted by atomic mass is 10.0. The minimum absolute atomic E-state index is 0. The van der Waals surface area contributed by atoms with Crippen molar-refractivity contribution >= 4 is 24.3 Å².